The number of benzene rings is 2. The van der Waals surface area contributed by atoms with Crippen LogP contribution in [-0.2, 0) is 11.3 Å². The molecule has 0 spiro atoms. The zero-order chi connectivity index (χ0) is 31.3. The Morgan fingerprint density at radius 3 is 2.60 bits per heavy atom. The highest BCUT2D eigenvalue weighted by Crippen LogP contribution is 2.32. The second-order valence-electron chi connectivity index (χ2n) is 12.0. The largest absolute Gasteiger partial charge is 0.457 e. The lowest BCUT2D eigenvalue weighted by Gasteiger charge is -2.39. The highest BCUT2D eigenvalue weighted by atomic mass is 32.1. The van der Waals surface area contributed by atoms with Crippen LogP contribution in [0, 0.1) is 5.82 Å². The maximum absolute atomic E-state index is 15.5. The molecule has 6 rings (SSSR count). The highest BCUT2D eigenvalue weighted by Gasteiger charge is 2.28. The summed E-state index contributed by atoms with van der Waals surface area (Å²) >= 11 is 1.55. The third kappa shape index (κ3) is 7.49. The van der Waals surface area contributed by atoms with Gasteiger partial charge >= 0.3 is 0 Å². The van der Waals surface area contributed by atoms with Crippen LogP contribution in [0.25, 0.3) is 10.6 Å². The Labute approximate surface area is 266 Å². The molecule has 9 nitrogen and oxygen atoms in total. The summed E-state index contributed by atoms with van der Waals surface area (Å²) in [5.41, 5.74) is 1.03. The SMILES string of the molecule is CC(C)c1nnc(-c2ccc(Oc3cc(C(=O)NC4CCN(C5CCCOC5)CC4)c(F)cc3Cn3ccccc3=O)cc2)s1. The zero-order valence-corrected chi connectivity index (χ0v) is 26.4. The minimum Gasteiger partial charge on any atom is -0.457 e. The summed E-state index contributed by atoms with van der Waals surface area (Å²) in [6.07, 6.45) is 5.44. The summed E-state index contributed by atoms with van der Waals surface area (Å²) in [6, 6.07) is 15.4. The molecule has 1 unspecified atom stereocenters. The predicted octanol–water partition coefficient (Wildman–Crippen LogP) is 5.84. The Hall–Kier alpha value is -3.93. The van der Waals surface area contributed by atoms with E-state index in [0.717, 1.165) is 67.6 Å². The Morgan fingerprint density at radius 2 is 1.91 bits per heavy atom. The molecule has 1 amide bonds. The van der Waals surface area contributed by atoms with Gasteiger partial charge in [-0.05, 0) is 68.1 Å². The van der Waals surface area contributed by atoms with E-state index in [-0.39, 0.29) is 23.7 Å². The van der Waals surface area contributed by atoms with Crippen molar-refractivity contribution in [3.8, 4) is 22.1 Å². The second-order valence-corrected chi connectivity index (χ2v) is 13.0. The number of pyridine rings is 1. The number of hydrogen-bond donors (Lipinski definition) is 1. The van der Waals surface area contributed by atoms with Crippen molar-refractivity contribution in [2.24, 2.45) is 0 Å². The number of aromatic nitrogens is 3. The van der Waals surface area contributed by atoms with E-state index in [9.17, 15) is 9.59 Å². The van der Waals surface area contributed by atoms with Crippen molar-refractivity contribution < 1.29 is 18.7 Å². The van der Waals surface area contributed by atoms with E-state index in [2.05, 4.69) is 34.3 Å². The first-order chi connectivity index (χ1) is 21.8. The van der Waals surface area contributed by atoms with Crippen LogP contribution >= 0.6 is 11.3 Å². The first-order valence-electron chi connectivity index (χ1n) is 15.6. The lowest BCUT2D eigenvalue weighted by atomic mass is 10.00. The molecule has 1 atom stereocenters. The number of hydrogen-bond acceptors (Lipinski definition) is 8. The molecule has 4 aromatic rings. The number of piperidine rings is 1. The van der Waals surface area contributed by atoms with E-state index >= 15 is 4.39 Å². The van der Waals surface area contributed by atoms with Crippen molar-refractivity contribution in [1.82, 2.24) is 25.0 Å². The number of halogens is 1. The monoisotopic (exact) mass is 631 g/mol. The van der Waals surface area contributed by atoms with Crippen LogP contribution in [0.3, 0.4) is 0 Å². The Kier molecular flexibility index (Phi) is 9.67. The van der Waals surface area contributed by atoms with Gasteiger partial charge in [-0.15, -0.1) is 10.2 Å². The van der Waals surface area contributed by atoms with Crippen molar-refractivity contribution >= 4 is 17.2 Å². The predicted molar refractivity (Wildman–Crippen MR) is 172 cm³/mol. The summed E-state index contributed by atoms with van der Waals surface area (Å²) in [6.45, 7) is 7.57. The Balaban J connectivity index is 1.21. The van der Waals surface area contributed by atoms with Crippen LogP contribution in [0.1, 0.15) is 66.4 Å². The van der Waals surface area contributed by atoms with Gasteiger partial charge in [0.15, 0.2) is 0 Å². The lowest BCUT2D eigenvalue weighted by Crippen LogP contribution is -2.50. The standard InChI is InChI=1S/C34H38FN5O4S/c1-22(2)33-37-38-34(45-33)23-8-10-27(11-9-23)44-30-19-28(29(35)18-24(30)20-40-14-4-3-7-31(40)41)32(42)36-25-12-15-39(16-13-25)26-6-5-17-43-21-26/h3-4,7-11,14,18-19,22,25-26H,5-6,12-13,15-17,20-21H2,1-2H3,(H,36,42). The third-order valence-electron chi connectivity index (χ3n) is 8.42. The molecule has 236 valence electrons. The minimum absolute atomic E-state index is 0.0475. The second kappa shape index (κ2) is 14.0. The van der Waals surface area contributed by atoms with Gasteiger partial charge in [0.05, 0.1) is 18.7 Å². The molecule has 0 radical (unpaired) electrons. The minimum atomic E-state index is -0.664. The van der Waals surface area contributed by atoms with E-state index in [4.69, 9.17) is 9.47 Å². The summed E-state index contributed by atoms with van der Waals surface area (Å²) < 4.78 is 28.9. The van der Waals surface area contributed by atoms with Crippen molar-refractivity contribution in [1.29, 1.82) is 0 Å². The van der Waals surface area contributed by atoms with Gasteiger partial charge in [0.25, 0.3) is 11.5 Å². The average Bonchev–Trinajstić information content (AvgIpc) is 3.55. The van der Waals surface area contributed by atoms with E-state index in [0.29, 0.717) is 29.0 Å². The quantitative estimate of drug-likeness (QED) is 0.248. The number of nitrogens with zero attached hydrogens (tertiary/aromatic N) is 4. The molecule has 11 heteroatoms. The van der Waals surface area contributed by atoms with Gasteiger partial charge in [-0.3, -0.25) is 14.5 Å². The number of likely N-dealkylation sites (tertiary alicyclic amines) is 1. The summed E-state index contributed by atoms with van der Waals surface area (Å²) in [7, 11) is 0. The van der Waals surface area contributed by atoms with Crippen LogP contribution in [-0.4, -0.2) is 64.0 Å². The van der Waals surface area contributed by atoms with Gasteiger partial charge in [-0.1, -0.05) is 31.3 Å². The maximum Gasteiger partial charge on any atom is 0.254 e. The number of amides is 1. The summed E-state index contributed by atoms with van der Waals surface area (Å²) in [5.74, 6) is -0.0408. The molecule has 0 saturated carbocycles. The average molecular weight is 632 g/mol. The normalized spacial score (nSPS) is 17.8. The molecular formula is C34H38FN5O4S. The van der Waals surface area contributed by atoms with Gasteiger partial charge in [-0.25, -0.2) is 4.39 Å². The fourth-order valence-corrected chi connectivity index (χ4v) is 6.67. The Morgan fingerprint density at radius 1 is 1.11 bits per heavy atom. The lowest BCUT2D eigenvalue weighted by molar-refractivity contribution is 0.00768. The number of carbonyl (C=O) groups is 1. The molecule has 1 N–H and O–H groups in total. The number of nitrogens with one attached hydrogen (secondary N) is 1. The van der Waals surface area contributed by atoms with E-state index in [1.165, 1.54) is 22.8 Å². The van der Waals surface area contributed by atoms with Crippen LogP contribution in [0.15, 0.2) is 65.6 Å². The number of carbonyl (C=O) groups excluding carboxylic acids is 1. The molecule has 2 aliphatic rings. The zero-order valence-electron chi connectivity index (χ0n) is 25.6. The molecule has 2 aromatic carbocycles. The molecule has 2 fully saturated rings. The van der Waals surface area contributed by atoms with E-state index < -0.39 is 11.7 Å². The number of ether oxygens (including phenoxy) is 2. The van der Waals surface area contributed by atoms with Gasteiger partial charge in [-0.2, -0.15) is 0 Å². The van der Waals surface area contributed by atoms with Gasteiger partial charge in [0.2, 0.25) is 0 Å². The molecule has 4 heterocycles. The molecular weight excluding hydrogens is 593 g/mol. The molecule has 45 heavy (non-hydrogen) atoms. The third-order valence-corrected chi connectivity index (χ3v) is 9.69. The molecule has 2 aliphatic heterocycles. The van der Waals surface area contributed by atoms with Crippen molar-refractivity contribution in [2.75, 3.05) is 26.3 Å². The summed E-state index contributed by atoms with van der Waals surface area (Å²) in [5, 5.41) is 13.4. The Bertz CT molecular complexity index is 1670. The molecule has 0 aliphatic carbocycles. The van der Waals surface area contributed by atoms with E-state index in [1.54, 1.807) is 41.8 Å². The van der Waals surface area contributed by atoms with Crippen LogP contribution in [0.2, 0.25) is 0 Å². The fourth-order valence-electron chi connectivity index (χ4n) is 5.82. The van der Waals surface area contributed by atoms with Crippen molar-refractivity contribution in [2.45, 2.75) is 64.1 Å². The van der Waals surface area contributed by atoms with Crippen molar-refractivity contribution in [3.05, 3.63) is 93.1 Å². The van der Waals surface area contributed by atoms with E-state index in [1.807, 2.05) is 12.1 Å². The van der Waals surface area contributed by atoms with Gasteiger partial charge in [0.1, 0.15) is 27.3 Å². The van der Waals surface area contributed by atoms with Crippen molar-refractivity contribution in [3.63, 3.8) is 0 Å². The van der Waals surface area contributed by atoms with Gasteiger partial charge < -0.3 is 19.4 Å². The summed E-state index contributed by atoms with van der Waals surface area (Å²) in [4.78, 5) is 28.3. The fraction of sp³-hybridized carbons (Fsp3) is 0.412. The first-order valence-corrected chi connectivity index (χ1v) is 16.4. The van der Waals surface area contributed by atoms with Crippen LogP contribution in [0.4, 0.5) is 4.39 Å². The number of rotatable bonds is 9. The highest BCUT2D eigenvalue weighted by molar-refractivity contribution is 7.14. The molecule has 0 bridgehead atoms. The smallest absolute Gasteiger partial charge is 0.254 e. The molecule has 2 aromatic heterocycles. The molecule has 2 saturated heterocycles. The van der Waals surface area contributed by atoms with Gasteiger partial charge in [0, 0.05) is 61.1 Å². The topological polar surface area (TPSA) is 98.6 Å². The van der Waals surface area contributed by atoms with Crippen LogP contribution < -0.4 is 15.6 Å². The van der Waals surface area contributed by atoms with Crippen LogP contribution in [0.5, 0.6) is 11.5 Å². The maximum atomic E-state index is 15.5. The first kappa shape index (κ1) is 31.1.